The van der Waals surface area contributed by atoms with Gasteiger partial charge in [-0.25, -0.2) is 0 Å². The largest absolute Gasteiger partial charge is 0.486 e. The van der Waals surface area contributed by atoms with Crippen LogP contribution in [0.15, 0.2) is 18.5 Å². The molecular weight excluding hydrogens is 258 g/mol. The predicted octanol–water partition coefficient (Wildman–Crippen LogP) is 0.652. The van der Waals surface area contributed by atoms with Gasteiger partial charge < -0.3 is 24.7 Å². The average molecular weight is 273 g/mol. The van der Waals surface area contributed by atoms with Crippen molar-refractivity contribution in [1.29, 1.82) is 0 Å². The smallest absolute Gasteiger partial charge is 0.163 e. The highest BCUT2D eigenvalue weighted by molar-refractivity contribution is 5.73. The zero-order valence-electron chi connectivity index (χ0n) is 11.0. The summed E-state index contributed by atoms with van der Waals surface area (Å²) >= 11 is 0. The van der Waals surface area contributed by atoms with Gasteiger partial charge in [-0.15, -0.1) is 10.2 Å². The van der Waals surface area contributed by atoms with Crippen LogP contribution in [0.3, 0.4) is 0 Å². The van der Waals surface area contributed by atoms with Crippen LogP contribution in [0, 0.1) is 0 Å². The molecule has 7 heteroatoms. The van der Waals surface area contributed by atoms with Gasteiger partial charge in [0.2, 0.25) is 0 Å². The van der Waals surface area contributed by atoms with Crippen LogP contribution in [0.2, 0.25) is 0 Å². The molecule has 0 atom stereocenters. The average Bonchev–Trinajstić information content (AvgIpc) is 2.94. The number of ether oxygens (including phenoxy) is 2. The summed E-state index contributed by atoms with van der Waals surface area (Å²) < 4.78 is 13.2. The molecule has 2 N–H and O–H groups in total. The Hall–Kier alpha value is -2.44. The van der Waals surface area contributed by atoms with Crippen molar-refractivity contribution in [2.24, 2.45) is 0 Å². The Morgan fingerprint density at radius 2 is 1.90 bits per heavy atom. The summed E-state index contributed by atoms with van der Waals surface area (Å²) in [5, 5.41) is 8.06. The van der Waals surface area contributed by atoms with Gasteiger partial charge in [-0.05, 0) is 0 Å². The fraction of sp³-hybridized carbons (Fsp3) is 0.385. The van der Waals surface area contributed by atoms with Crippen molar-refractivity contribution in [2.45, 2.75) is 13.1 Å². The van der Waals surface area contributed by atoms with E-state index < -0.39 is 0 Å². The zero-order chi connectivity index (χ0) is 13.5. The van der Waals surface area contributed by atoms with Crippen LogP contribution in [0.5, 0.6) is 11.5 Å². The predicted molar refractivity (Wildman–Crippen MR) is 72.9 cm³/mol. The Kier molecular flexibility index (Phi) is 2.45. The van der Waals surface area contributed by atoms with E-state index in [2.05, 4.69) is 19.7 Å². The number of aromatic nitrogens is 3. The van der Waals surface area contributed by atoms with E-state index in [1.165, 1.54) is 0 Å². The second-order valence-electron chi connectivity index (χ2n) is 4.92. The van der Waals surface area contributed by atoms with Gasteiger partial charge in [0, 0.05) is 25.2 Å². The first-order chi connectivity index (χ1) is 9.81. The summed E-state index contributed by atoms with van der Waals surface area (Å²) in [5.74, 6) is 2.43. The minimum Gasteiger partial charge on any atom is -0.486 e. The minimum atomic E-state index is 0.568. The van der Waals surface area contributed by atoms with Crippen LogP contribution in [0.4, 0.5) is 11.4 Å². The van der Waals surface area contributed by atoms with Crippen LogP contribution < -0.4 is 20.1 Å². The fourth-order valence-corrected chi connectivity index (χ4v) is 2.64. The molecule has 0 unspecified atom stereocenters. The van der Waals surface area contributed by atoms with E-state index in [1.54, 1.807) is 6.33 Å². The van der Waals surface area contributed by atoms with Crippen LogP contribution >= 0.6 is 0 Å². The quantitative estimate of drug-likeness (QED) is 0.769. The van der Waals surface area contributed by atoms with Crippen molar-refractivity contribution in [3.8, 4) is 11.5 Å². The molecule has 1 aromatic carbocycles. The number of hydrogen-bond acceptors (Lipinski definition) is 6. The fourth-order valence-electron chi connectivity index (χ4n) is 2.64. The number of nitrogen functional groups attached to an aromatic ring is 1. The van der Waals surface area contributed by atoms with Crippen LogP contribution in [0.25, 0.3) is 0 Å². The van der Waals surface area contributed by atoms with Gasteiger partial charge in [0.1, 0.15) is 19.5 Å². The highest BCUT2D eigenvalue weighted by Gasteiger charge is 2.22. The lowest BCUT2D eigenvalue weighted by Crippen LogP contribution is -2.34. The standard InChI is InChI=1S/C13H15N5O2/c14-9-5-11-12(20-4-3-19-11)6-10(9)17-1-2-18-8-15-16-13(18)7-17/h5-6,8H,1-4,7,14H2. The normalized spacial score (nSPS) is 16.9. The monoisotopic (exact) mass is 273 g/mol. The van der Waals surface area contributed by atoms with Gasteiger partial charge in [-0.1, -0.05) is 0 Å². The van der Waals surface area contributed by atoms with Gasteiger partial charge in [0.25, 0.3) is 0 Å². The second kappa shape index (κ2) is 4.29. The van der Waals surface area contributed by atoms with Gasteiger partial charge >= 0.3 is 0 Å². The van der Waals surface area contributed by atoms with Crippen LogP contribution in [0.1, 0.15) is 5.82 Å². The number of fused-ring (bicyclic) bond motifs is 2. The lowest BCUT2D eigenvalue weighted by molar-refractivity contribution is 0.172. The molecule has 0 saturated heterocycles. The molecule has 4 rings (SSSR count). The topological polar surface area (TPSA) is 78.4 Å². The molecule has 7 nitrogen and oxygen atoms in total. The second-order valence-corrected chi connectivity index (χ2v) is 4.92. The molecule has 0 spiro atoms. The molecule has 20 heavy (non-hydrogen) atoms. The molecule has 2 aliphatic heterocycles. The summed E-state index contributed by atoms with van der Waals surface area (Å²) in [6.07, 6.45) is 1.76. The molecule has 0 saturated carbocycles. The van der Waals surface area contributed by atoms with Gasteiger partial charge in [-0.2, -0.15) is 0 Å². The van der Waals surface area contributed by atoms with Gasteiger partial charge in [0.15, 0.2) is 17.3 Å². The van der Waals surface area contributed by atoms with E-state index in [0.29, 0.717) is 25.4 Å². The summed E-state index contributed by atoms with van der Waals surface area (Å²) in [6.45, 7) is 3.57. The maximum atomic E-state index is 6.15. The van der Waals surface area contributed by atoms with Crippen molar-refractivity contribution in [2.75, 3.05) is 30.4 Å². The van der Waals surface area contributed by atoms with E-state index in [-0.39, 0.29) is 0 Å². The Balaban J connectivity index is 1.69. The Bertz CT molecular complexity index is 654. The van der Waals surface area contributed by atoms with Crippen LogP contribution in [-0.2, 0) is 13.1 Å². The molecule has 3 heterocycles. The van der Waals surface area contributed by atoms with Gasteiger partial charge in [0.05, 0.1) is 17.9 Å². The first-order valence-corrected chi connectivity index (χ1v) is 6.62. The Morgan fingerprint density at radius 1 is 1.10 bits per heavy atom. The molecule has 0 amide bonds. The Morgan fingerprint density at radius 3 is 2.75 bits per heavy atom. The summed E-state index contributed by atoms with van der Waals surface area (Å²) in [6, 6.07) is 3.79. The first-order valence-electron chi connectivity index (χ1n) is 6.62. The van der Waals surface area contributed by atoms with Crippen LogP contribution in [-0.4, -0.2) is 34.5 Å². The van der Waals surface area contributed by atoms with E-state index in [0.717, 1.165) is 36.1 Å². The molecular formula is C13H15N5O2. The zero-order valence-corrected chi connectivity index (χ0v) is 11.0. The lowest BCUT2D eigenvalue weighted by Gasteiger charge is -2.31. The molecule has 0 fully saturated rings. The van der Waals surface area contributed by atoms with Crippen molar-refractivity contribution in [1.82, 2.24) is 14.8 Å². The summed E-state index contributed by atoms with van der Waals surface area (Å²) in [7, 11) is 0. The SMILES string of the molecule is Nc1cc2c(cc1N1CCn3cnnc3C1)OCCO2. The number of hydrogen-bond donors (Lipinski definition) is 1. The Labute approximate surface area is 115 Å². The third-order valence-corrected chi connectivity index (χ3v) is 3.67. The summed E-state index contributed by atoms with van der Waals surface area (Å²) in [5.41, 5.74) is 7.81. The van der Waals surface area contributed by atoms with Crippen molar-refractivity contribution >= 4 is 11.4 Å². The number of nitrogens with zero attached hydrogens (tertiary/aromatic N) is 4. The third kappa shape index (κ3) is 1.74. The van der Waals surface area contributed by atoms with Crippen molar-refractivity contribution in [3.63, 3.8) is 0 Å². The number of benzene rings is 1. The molecule has 0 radical (unpaired) electrons. The van der Waals surface area contributed by atoms with Crippen molar-refractivity contribution in [3.05, 3.63) is 24.3 Å². The number of nitrogens with two attached hydrogens (primary N) is 1. The van der Waals surface area contributed by atoms with E-state index in [9.17, 15) is 0 Å². The highest BCUT2D eigenvalue weighted by atomic mass is 16.6. The minimum absolute atomic E-state index is 0.568. The van der Waals surface area contributed by atoms with E-state index in [4.69, 9.17) is 15.2 Å². The first kappa shape index (κ1) is 11.4. The molecule has 2 aliphatic rings. The molecule has 2 aromatic rings. The number of rotatable bonds is 1. The van der Waals surface area contributed by atoms with Crippen molar-refractivity contribution < 1.29 is 9.47 Å². The maximum Gasteiger partial charge on any atom is 0.163 e. The van der Waals surface area contributed by atoms with E-state index in [1.807, 2.05) is 12.1 Å². The third-order valence-electron chi connectivity index (χ3n) is 3.67. The van der Waals surface area contributed by atoms with Gasteiger partial charge in [-0.3, -0.25) is 0 Å². The molecule has 0 bridgehead atoms. The molecule has 1 aromatic heterocycles. The highest BCUT2D eigenvalue weighted by Crippen LogP contribution is 2.39. The maximum absolute atomic E-state index is 6.15. The summed E-state index contributed by atoms with van der Waals surface area (Å²) in [4.78, 5) is 2.19. The molecule has 0 aliphatic carbocycles. The lowest BCUT2D eigenvalue weighted by atomic mass is 10.2. The van der Waals surface area contributed by atoms with E-state index >= 15 is 0 Å². The number of anilines is 2. The molecule has 104 valence electrons.